The molecule has 4 aromatic rings. The summed E-state index contributed by atoms with van der Waals surface area (Å²) in [4.78, 5) is 49.8. The number of Topliss-reactive ketones (excluding diaryl/α,β-unsaturated/α-hetero) is 1. The normalized spacial score (nSPS) is 12.5. The second-order valence-corrected chi connectivity index (χ2v) is 11.4. The van der Waals surface area contributed by atoms with Crippen molar-refractivity contribution < 1.29 is 20.6 Å². The Balaban J connectivity index is 0.00000576. The molecule has 10 nitrogen and oxygen atoms in total. The smallest absolute Gasteiger partial charge is 0.251 e. The fourth-order valence-electron chi connectivity index (χ4n) is 5.07. The number of hydrogen-bond acceptors (Lipinski definition) is 6. The van der Waals surface area contributed by atoms with Crippen LogP contribution in [-0.2, 0) is 9.59 Å². The minimum absolute atomic E-state index is 0. The first-order chi connectivity index (χ1) is 21.6. The number of ketones is 1. The number of benzene rings is 3. The van der Waals surface area contributed by atoms with Crippen LogP contribution in [0.1, 0.15) is 55.8 Å². The summed E-state index contributed by atoms with van der Waals surface area (Å²) in [5.74, 6) is -0.831. The minimum atomic E-state index is -0.389. The Morgan fingerprint density at radius 3 is 2.07 bits per heavy atom. The molecule has 1 aromatic heterocycles. The van der Waals surface area contributed by atoms with Gasteiger partial charge in [0, 0.05) is 56.0 Å². The van der Waals surface area contributed by atoms with E-state index in [1.165, 1.54) is 0 Å². The van der Waals surface area contributed by atoms with E-state index < -0.39 is 0 Å². The molecule has 1 heterocycles. The molecule has 0 bridgehead atoms. The van der Waals surface area contributed by atoms with E-state index in [0.29, 0.717) is 30.6 Å². The maximum atomic E-state index is 12.8. The monoisotopic (exact) mass is 612 g/mol. The third-order valence-electron chi connectivity index (χ3n) is 8.03. The van der Waals surface area contributed by atoms with Crippen molar-refractivity contribution in [2.24, 2.45) is 11.8 Å². The average Bonchev–Trinajstić information content (AvgIpc) is 3.45. The van der Waals surface area contributed by atoms with Gasteiger partial charge < -0.3 is 21.3 Å². The number of fused-ring (bicyclic) bond motifs is 1. The van der Waals surface area contributed by atoms with Crippen molar-refractivity contribution in [2.45, 2.75) is 39.7 Å². The number of aromatic nitrogens is 2. The second kappa shape index (κ2) is 15.3. The molecule has 0 radical (unpaired) electrons. The SMILES string of the molecule is CNC(=O)c1ccc(-n2nc(-c3ccc(C(=O)NCCCNC(=O)[C@@H](CC(=O)[C@H](C)NC)C(C)C)cc3)c3ccccc32)cc1.[HH]. The molecule has 0 saturated heterocycles. The van der Waals surface area contributed by atoms with E-state index in [0.717, 1.165) is 27.8 Å². The van der Waals surface area contributed by atoms with Crippen molar-refractivity contribution in [2.75, 3.05) is 27.2 Å². The van der Waals surface area contributed by atoms with E-state index in [4.69, 9.17) is 5.10 Å². The Bertz CT molecular complexity index is 1650. The highest BCUT2D eigenvalue weighted by molar-refractivity contribution is 5.97. The molecule has 0 unspecified atom stereocenters. The summed E-state index contributed by atoms with van der Waals surface area (Å²) in [5.41, 5.74) is 4.49. The van der Waals surface area contributed by atoms with Crippen LogP contribution in [0.4, 0.5) is 0 Å². The fraction of sp³-hybridized carbons (Fsp3) is 0.343. The van der Waals surface area contributed by atoms with Crippen LogP contribution in [0, 0.1) is 11.8 Å². The maximum absolute atomic E-state index is 12.8. The Morgan fingerprint density at radius 1 is 0.800 bits per heavy atom. The quantitative estimate of drug-likeness (QED) is 0.156. The Morgan fingerprint density at radius 2 is 1.42 bits per heavy atom. The van der Waals surface area contributed by atoms with Crippen molar-refractivity contribution in [3.8, 4) is 16.9 Å². The van der Waals surface area contributed by atoms with E-state index in [-0.39, 0.29) is 49.2 Å². The number of likely N-dealkylation sites (N-methyl/N-ethyl adjacent to an activating group) is 1. The molecule has 0 aliphatic rings. The zero-order chi connectivity index (χ0) is 32.5. The van der Waals surface area contributed by atoms with Gasteiger partial charge in [0.2, 0.25) is 5.91 Å². The van der Waals surface area contributed by atoms with Crippen LogP contribution in [-0.4, -0.2) is 66.5 Å². The number of nitrogens with one attached hydrogen (secondary N) is 4. The number of carbonyl (C=O) groups excluding carboxylic acids is 4. The van der Waals surface area contributed by atoms with Gasteiger partial charge in [-0.2, -0.15) is 5.10 Å². The first-order valence-electron chi connectivity index (χ1n) is 15.3. The van der Waals surface area contributed by atoms with Gasteiger partial charge >= 0.3 is 0 Å². The molecule has 0 spiro atoms. The summed E-state index contributed by atoms with van der Waals surface area (Å²) >= 11 is 0. The van der Waals surface area contributed by atoms with E-state index in [2.05, 4.69) is 21.3 Å². The van der Waals surface area contributed by atoms with Crippen LogP contribution >= 0.6 is 0 Å². The van der Waals surface area contributed by atoms with Crippen LogP contribution in [0.25, 0.3) is 27.8 Å². The number of rotatable bonds is 14. The molecule has 0 saturated carbocycles. The zero-order valence-electron chi connectivity index (χ0n) is 26.5. The fourth-order valence-corrected chi connectivity index (χ4v) is 5.07. The second-order valence-electron chi connectivity index (χ2n) is 11.4. The summed E-state index contributed by atoms with van der Waals surface area (Å²) < 4.78 is 1.85. The third-order valence-corrected chi connectivity index (χ3v) is 8.03. The number of amides is 3. The standard InChI is InChI=1S/C35H42N6O4.H2/c1-22(2)29(21-31(42)23(3)36-4)35(45)39-20-8-19-38-34(44)26-13-11-24(12-14-26)32-28-9-6-7-10-30(28)41(40-32)27-17-15-25(16-18-27)33(43)37-5;/h6-7,9-18,22-23,29,36H,8,19-21H2,1-5H3,(H,37,43)(H,38,44)(H,39,45);1H/t23-,29-;/m0./s1. The van der Waals surface area contributed by atoms with Crippen LogP contribution in [0.5, 0.6) is 0 Å². The molecule has 238 valence electrons. The van der Waals surface area contributed by atoms with Crippen molar-refractivity contribution in [1.82, 2.24) is 31.0 Å². The van der Waals surface area contributed by atoms with Crippen molar-refractivity contribution >= 4 is 34.4 Å². The molecule has 10 heteroatoms. The van der Waals surface area contributed by atoms with Crippen LogP contribution in [0.2, 0.25) is 0 Å². The van der Waals surface area contributed by atoms with Crippen molar-refractivity contribution in [3.63, 3.8) is 0 Å². The molecule has 0 aliphatic carbocycles. The van der Waals surface area contributed by atoms with Gasteiger partial charge in [-0.3, -0.25) is 19.2 Å². The first kappa shape index (κ1) is 33.1. The van der Waals surface area contributed by atoms with Crippen LogP contribution < -0.4 is 21.3 Å². The summed E-state index contributed by atoms with van der Waals surface area (Å²) in [5, 5.41) is 17.2. The topological polar surface area (TPSA) is 134 Å². The highest BCUT2D eigenvalue weighted by Gasteiger charge is 2.26. The highest BCUT2D eigenvalue weighted by Crippen LogP contribution is 2.30. The number of nitrogens with zero attached hydrogens (tertiary/aromatic N) is 2. The zero-order valence-corrected chi connectivity index (χ0v) is 26.5. The van der Waals surface area contributed by atoms with Gasteiger partial charge in [0.25, 0.3) is 11.8 Å². The van der Waals surface area contributed by atoms with Gasteiger partial charge in [0.15, 0.2) is 0 Å². The van der Waals surface area contributed by atoms with E-state index in [1.807, 2.05) is 67.1 Å². The largest absolute Gasteiger partial charge is 0.356 e. The van der Waals surface area contributed by atoms with Gasteiger partial charge in [-0.25, -0.2) is 4.68 Å². The van der Waals surface area contributed by atoms with Gasteiger partial charge in [0.05, 0.1) is 17.2 Å². The minimum Gasteiger partial charge on any atom is -0.356 e. The van der Waals surface area contributed by atoms with Gasteiger partial charge in [0.1, 0.15) is 11.5 Å². The molecule has 0 fully saturated rings. The lowest BCUT2D eigenvalue weighted by Gasteiger charge is -2.21. The van der Waals surface area contributed by atoms with E-state index in [1.54, 1.807) is 45.3 Å². The van der Waals surface area contributed by atoms with E-state index >= 15 is 0 Å². The summed E-state index contributed by atoms with van der Waals surface area (Å²) in [6, 6.07) is 22.2. The van der Waals surface area contributed by atoms with E-state index in [9.17, 15) is 19.2 Å². The molecule has 45 heavy (non-hydrogen) atoms. The Hall–Kier alpha value is -4.83. The lowest BCUT2D eigenvalue weighted by molar-refractivity contribution is -0.131. The first-order valence-corrected chi connectivity index (χ1v) is 15.3. The van der Waals surface area contributed by atoms with Gasteiger partial charge in [-0.15, -0.1) is 0 Å². The van der Waals surface area contributed by atoms with Crippen LogP contribution in [0.15, 0.2) is 72.8 Å². The number of carbonyl (C=O) groups is 4. The number of hydrogen-bond donors (Lipinski definition) is 4. The van der Waals surface area contributed by atoms with Gasteiger partial charge in [-0.05, 0) is 68.8 Å². The highest BCUT2D eigenvalue weighted by atomic mass is 16.2. The summed E-state index contributed by atoms with van der Waals surface area (Å²) in [6.45, 7) is 6.48. The lowest BCUT2D eigenvalue weighted by Crippen LogP contribution is -2.39. The Kier molecular flexibility index (Phi) is 11.2. The third kappa shape index (κ3) is 8.02. The molecule has 4 rings (SSSR count). The summed E-state index contributed by atoms with van der Waals surface area (Å²) in [7, 11) is 3.33. The average molecular weight is 613 g/mol. The maximum Gasteiger partial charge on any atom is 0.251 e. The predicted octanol–water partition coefficient (Wildman–Crippen LogP) is 4.37. The van der Waals surface area contributed by atoms with Gasteiger partial charge in [-0.1, -0.05) is 44.2 Å². The molecule has 3 aromatic carbocycles. The summed E-state index contributed by atoms with van der Waals surface area (Å²) in [6.07, 6.45) is 0.759. The predicted molar refractivity (Wildman–Crippen MR) is 178 cm³/mol. The van der Waals surface area contributed by atoms with Crippen LogP contribution in [0.3, 0.4) is 0 Å². The molecule has 3 amide bonds. The number of para-hydroxylation sites is 1. The van der Waals surface area contributed by atoms with Crippen molar-refractivity contribution in [1.29, 1.82) is 0 Å². The molecular formula is C35H44N6O4. The molecular weight excluding hydrogens is 568 g/mol. The molecule has 0 aliphatic heterocycles. The van der Waals surface area contributed by atoms with Crippen molar-refractivity contribution in [3.05, 3.63) is 83.9 Å². The lowest BCUT2D eigenvalue weighted by atomic mass is 9.88. The molecule has 4 N–H and O–H groups in total. The molecule has 2 atom stereocenters. The Labute approximate surface area is 265 Å².